The highest BCUT2D eigenvalue weighted by Gasteiger charge is 2.29. The normalized spacial score (nSPS) is 12.7. The molecule has 0 bridgehead atoms. The van der Waals surface area contributed by atoms with Crippen LogP contribution in [0, 0.1) is 0 Å². The van der Waals surface area contributed by atoms with Crippen LogP contribution in [-0.2, 0) is 5.60 Å². The smallest absolute Gasteiger partial charge is 0.134 e. The van der Waals surface area contributed by atoms with E-state index in [2.05, 4.69) is 43.3 Å². The quantitative estimate of drug-likeness (QED) is 0.268. The molecule has 0 aromatic heterocycles. The van der Waals surface area contributed by atoms with Gasteiger partial charge in [-0.1, -0.05) is 98.3 Å². The Morgan fingerprint density at radius 3 is 2.15 bits per heavy atom. The Bertz CT molecular complexity index is 1230. The monoisotopic (exact) mass is 452 g/mol. The van der Waals surface area contributed by atoms with Gasteiger partial charge in [0.25, 0.3) is 0 Å². The number of hydrogen-bond acceptors (Lipinski definition) is 3. The highest BCUT2D eigenvalue weighted by atomic mass is 16.5. The van der Waals surface area contributed by atoms with Crippen molar-refractivity contribution >= 4 is 0 Å². The molecule has 1 unspecified atom stereocenters. The van der Waals surface area contributed by atoms with Crippen LogP contribution < -0.4 is 9.47 Å². The summed E-state index contributed by atoms with van der Waals surface area (Å²) in [6.45, 7) is 4.63. The van der Waals surface area contributed by atoms with E-state index in [0.29, 0.717) is 12.4 Å². The summed E-state index contributed by atoms with van der Waals surface area (Å²) < 4.78 is 11.9. The first-order chi connectivity index (χ1) is 16.6. The van der Waals surface area contributed by atoms with Crippen LogP contribution in [0.3, 0.4) is 0 Å². The zero-order chi connectivity index (χ0) is 24.0. The molecule has 0 aliphatic rings. The maximum Gasteiger partial charge on any atom is 0.134 e. The predicted octanol–water partition coefficient (Wildman–Crippen LogP) is 7.46. The van der Waals surface area contributed by atoms with Gasteiger partial charge in [0.2, 0.25) is 0 Å². The van der Waals surface area contributed by atoms with E-state index in [1.807, 2.05) is 67.6 Å². The highest BCUT2D eigenvalue weighted by molar-refractivity contribution is 5.82. The van der Waals surface area contributed by atoms with Gasteiger partial charge in [0, 0.05) is 16.7 Å². The van der Waals surface area contributed by atoms with E-state index >= 15 is 0 Å². The van der Waals surface area contributed by atoms with E-state index in [1.54, 1.807) is 7.11 Å². The number of hydrogen-bond donors (Lipinski definition) is 1. The maximum atomic E-state index is 11.6. The summed E-state index contributed by atoms with van der Waals surface area (Å²) in [7, 11) is 1.63. The Balaban J connectivity index is 1.82. The van der Waals surface area contributed by atoms with Gasteiger partial charge in [-0.25, -0.2) is 0 Å². The van der Waals surface area contributed by atoms with Gasteiger partial charge in [-0.3, -0.25) is 0 Å². The summed E-state index contributed by atoms with van der Waals surface area (Å²) in [5, 5.41) is 11.6. The molecule has 1 N–H and O–H groups in total. The van der Waals surface area contributed by atoms with Crippen molar-refractivity contribution in [1.82, 2.24) is 0 Å². The number of para-hydroxylation sites is 2. The lowest BCUT2D eigenvalue weighted by Crippen LogP contribution is -2.23. The Hall–Kier alpha value is -3.56. The van der Waals surface area contributed by atoms with Crippen LogP contribution in [0.4, 0.5) is 0 Å². The first kappa shape index (κ1) is 23.6. The Labute approximate surface area is 202 Å². The summed E-state index contributed by atoms with van der Waals surface area (Å²) in [5.41, 5.74) is 4.49. The zero-order valence-corrected chi connectivity index (χ0v) is 20.1. The van der Waals surface area contributed by atoms with Crippen molar-refractivity contribution in [1.29, 1.82) is 0 Å². The molecule has 4 aromatic rings. The standard InChI is InChI=1S/C31H32O3/c1-4-5-21-34-30-26(23-13-7-6-8-14-23)17-12-18-27(30)24-15-11-16-25(22-24)31(2,32)28-19-9-10-20-29(28)33-3/h6-20,22,32H,4-5,21H2,1-3H3. The first-order valence-electron chi connectivity index (χ1n) is 11.8. The molecule has 4 aromatic carbocycles. The van der Waals surface area contributed by atoms with E-state index in [0.717, 1.165) is 52.0 Å². The van der Waals surface area contributed by atoms with Gasteiger partial charge in [-0.2, -0.15) is 0 Å². The molecule has 174 valence electrons. The number of aliphatic hydroxyl groups is 1. The highest BCUT2D eigenvalue weighted by Crippen LogP contribution is 2.41. The minimum absolute atomic E-state index is 0.659. The average molecular weight is 453 g/mol. The molecule has 3 nitrogen and oxygen atoms in total. The molecule has 0 spiro atoms. The second-order valence-corrected chi connectivity index (χ2v) is 8.60. The fourth-order valence-corrected chi connectivity index (χ4v) is 4.28. The SMILES string of the molecule is CCCCOc1c(-c2ccccc2)cccc1-c1cccc(C(C)(O)c2ccccc2OC)c1. The van der Waals surface area contributed by atoms with E-state index in [4.69, 9.17) is 9.47 Å². The second kappa shape index (κ2) is 10.6. The molecule has 0 radical (unpaired) electrons. The molecular formula is C31H32O3. The van der Waals surface area contributed by atoms with E-state index in [-0.39, 0.29) is 0 Å². The molecule has 3 heteroatoms. The van der Waals surface area contributed by atoms with E-state index < -0.39 is 5.60 Å². The Kier molecular flexibility index (Phi) is 7.34. The van der Waals surface area contributed by atoms with Crippen molar-refractivity contribution in [2.24, 2.45) is 0 Å². The fourth-order valence-electron chi connectivity index (χ4n) is 4.28. The topological polar surface area (TPSA) is 38.7 Å². The molecule has 4 rings (SSSR count). The Morgan fingerprint density at radius 2 is 1.41 bits per heavy atom. The molecule has 0 saturated carbocycles. The van der Waals surface area contributed by atoms with E-state index in [1.165, 1.54) is 0 Å². The number of unbranched alkanes of at least 4 members (excludes halogenated alkanes) is 1. The summed E-state index contributed by atoms with van der Waals surface area (Å²) in [5.74, 6) is 1.53. The van der Waals surface area contributed by atoms with E-state index in [9.17, 15) is 5.11 Å². The second-order valence-electron chi connectivity index (χ2n) is 8.60. The number of rotatable bonds is 9. The third-order valence-corrected chi connectivity index (χ3v) is 6.21. The number of methoxy groups -OCH3 is 1. The lowest BCUT2D eigenvalue weighted by atomic mass is 9.85. The lowest BCUT2D eigenvalue weighted by molar-refractivity contribution is 0.0990. The number of ether oxygens (including phenoxy) is 2. The van der Waals surface area contributed by atoms with Gasteiger partial charge in [0.1, 0.15) is 17.1 Å². The van der Waals surface area contributed by atoms with Crippen molar-refractivity contribution in [2.45, 2.75) is 32.3 Å². The molecule has 0 heterocycles. The molecule has 0 fully saturated rings. The molecule has 1 atom stereocenters. The molecule has 34 heavy (non-hydrogen) atoms. The lowest BCUT2D eigenvalue weighted by Gasteiger charge is -2.27. The minimum atomic E-state index is -1.22. The van der Waals surface area contributed by atoms with Gasteiger partial charge in [-0.05, 0) is 42.2 Å². The molecular weight excluding hydrogens is 420 g/mol. The van der Waals surface area contributed by atoms with Crippen LogP contribution in [-0.4, -0.2) is 18.8 Å². The van der Waals surface area contributed by atoms with Crippen LogP contribution in [0.1, 0.15) is 37.8 Å². The van der Waals surface area contributed by atoms with Crippen LogP contribution in [0.25, 0.3) is 22.3 Å². The van der Waals surface area contributed by atoms with Gasteiger partial charge in [0.05, 0.1) is 13.7 Å². The van der Waals surface area contributed by atoms with Crippen LogP contribution in [0.5, 0.6) is 11.5 Å². The maximum absolute atomic E-state index is 11.6. The summed E-state index contributed by atoms with van der Waals surface area (Å²) in [6.07, 6.45) is 2.06. The third-order valence-electron chi connectivity index (χ3n) is 6.21. The van der Waals surface area contributed by atoms with Crippen LogP contribution in [0.15, 0.2) is 97.1 Å². The van der Waals surface area contributed by atoms with Gasteiger partial charge in [0.15, 0.2) is 0 Å². The van der Waals surface area contributed by atoms with Gasteiger partial charge < -0.3 is 14.6 Å². The van der Waals surface area contributed by atoms with Crippen molar-refractivity contribution < 1.29 is 14.6 Å². The molecule has 0 aliphatic carbocycles. The van der Waals surface area contributed by atoms with Crippen molar-refractivity contribution in [3.63, 3.8) is 0 Å². The fraction of sp³-hybridized carbons (Fsp3) is 0.226. The zero-order valence-electron chi connectivity index (χ0n) is 20.1. The minimum Gasteiger partial charge on any atom is -0.496 e. The first-order valence-corrected chi connectivity index (χ1v) is 11.8. The van der Waals surface area contributed by atoms with Gasteiger partial charge in [-0.15, -0.1) is 0 Å². The molecule has 0 aliphatic heterocycles. The van der Waals surface area contributed by atoms with Crippen molar-refractivity contribution in [2.75, 3.05) is 13.7 Å². The van der Waals surface area contributed by atoms with Gasteiger partial charge >= 0.3 is 0 Å². The van der Waals surface area contributed by atoms with Crippen molar-refractivity contribution in [3.8, 4) is 33.8 Å². The van der Waals surface area contributed by atoms with Crippen LogP contribution >= 0.6 is 0 Å². The summed E-state index contributed by atoms with van der Waals surface area (Å²) in [4.78, 5) is 0. The number of benzene rings is 4. The average Bonchev–Trinajstić information content (AvgIpc) is 2.89. The third kappa shape index (κ3) is 4.85. The summed E-state index contributed by atoms with van der Waals surface area (Å²) in [6, 6.07) is 32.2. The van der Waals surface area contributed by atoms with Crippen molar-refractivity contribution in [3.05, 3.63) is 108 Å². The largest absolute Gasteiger partial charge is 0.496 e. The molecule has 0 amide bonds. The Morgan fingerprint density at radius 1 is 0.765 bits per heavy atom. The van der Waals surface area contributed by atoms with Crippen LogP contribution in [0.2, 0.25) is 0 Å². The summed E-state index contributed by atoms with van der Waals surface area (Å²) >= 11 is 0. The predicted molar refractivity (Wildman–Crippen MR) is 139 cm³/mol. The molecule has 0 saturated heterocycles.